The first-order chi connectivity index (χ1) is 10.7. The first-order valence-corrected chi connectivity index (χ1v) is 7.86. The zero-order valence-electron chi connectivity index (χ0n) is 13.1. The molecule has 2 aliphatic rings. The van der Waals surface area contributed by atoms with E-state index in [1.807, 2.05) is 30.1 Å². The summed E-state index contributed by atoms with van der Waals surface area (Å²) in [6.07, 6.45) is 5.01. The molecule has 0 saturated carbocycles. The third-order valence-corrected chi connectivity index (χ3v) is 4.78. The summed E-state index contributed by atoms with van der Waals surface area (Å²) in [7, 11) is 1.97. The van der Waals surface area contributed by atoms with Crippen molar-refractivity contribution in [2.24, 2.45) is 7.05 Å². The quantitative estimate of drug-likeness (QED) is 0.887. The summed E-state index contributed by atoms with van der Waals surface area (Å²) in [5.74, 6) is 0.0106. The summed E-state index contributed by atoms with van der Waals surface area (Å²) in [5, 5.41) is 10.8. The van der Waals surface area contributed by atoms with Crippen LogP contribution in [0.15, 0.2) is 24.4 Å². The molecule has 122 valence electrons. The summed E-state index contributed by atoms with van der Waals surface area (Å²) in [6.45, 7) is 1.76. The molecule has 5 nitrogen and oxygen atoms in total. The molecule has 0 saturated heterocycles. The zero-order chi connectivity index (χ0) is 15.1. The lowest BCUT2D eigenvalue weighted by Crippen LogP contribution is -2.31. The summed E-state index contributed by atoms with van der Waals surface area (Å²) >= 11 is 0. The highest BCUT2D eigenvalue weighted by atomic mass is 35.5. The van der Waals surface area contributed by atoms with Crippen LogP contribution in [0.4, 0.5) is 0 Å². The van der Waals surface area contributed by atoms with E-state index in [-0.39, 0.29) is 24.4 Å². The van der Waals surface area contributed by atoms with Gasteiger partial charge in [-0.05, 0) is 42.5 Å². The molecule has 2 N–H and O–H groups in total. The van der Waals surface area contributed by atoms with E-state index in [0.717, 1.165) is 37.9 Å². The van der Waals surface area contributed by atoms with Crippen molar-refractivity contribution in [3.63, 3.8) is 0 Å². The lowest BCUT2D eigenvalue weighted by Gasteiger charge is -2.24. The zero-order valence-corrected chi connectivity index (χ0v) is 13.9. The van der Waals surface area contributed by atoms with E-state index >= 15 is 0 Å². The van der Waals surface area contributed by atoms with Gasteiger partial charge in [0.1, 0.15) is 0 Å². The van der Waals surface area contributed by atoms with Crippen LogP contribution in [0, 0.1) is 0 Å². The third kappa shape index (κ3) is 2.86. The number of nitrogens with one attached hydrogen (secondary N) is 2. The SMILES string of the molecule is Cl.Cn1ncc2c1CCCC2NC(=O)c1ccc2c(c1)CNC2. The number of halogens is 1. The molecule has 2 aromatic rings. The molecule has 2 heterocycles. The first kappa shape index (κ1) is 16.0. The van der Waals surface area contributed by atoms with E-state index in [4.69, 9.17) is 0 Å². The number of rotatable bonds is 2. The fourth-order valence-electron chi connectivity index (χ4n) is 3.53. The van der Waals surface area contributed by atoms with Gasteiger partial charge in [-0.1, -0.05) is 6.07 Å². The molecular weight excluding hydrogens is 312 g/mol. The van der Waals surface area contributed by atoms with E-state index in [1.54, 1.807) is 0 Å². The molecule has 1 atom stereocenters. The van der Waals surface area contributed by atoms with E-state index in [2.05, 4.69) is 21.8 Å². The predicted molar refractivity (Wildman–Crippen MR) is 90.6 cm³/mol. The smallest absolute Gasteiger partial charge is 0.251 e. The number of benzene rings is 1. The van der Waals surface area contributed by atoms with Gasteiger partial charge in [0.05, 0.1) is 12.2 Å². The van der Waals surface area contributed by atoms with Crippen LogP contribution in [0.5, 0.6) is 0 Å². The number of carbonyl (C=O) groups is 1. The van der Waals surface area contributed by atoms with Crippen molar-refractivity contribution in [3.05, 3.63) is 52.3 Å². The molecule has 1 unspecified atom stereocenters. The lowest BCUT2D eigenvalue weighted by molar-refractivity contribution is 0.0932. The predicted octanol–water partition coefficient (Wildman–Crippen LogP) is 2.25. The Morgan fingerprint density at radius 1 is 1.35 bits per heavy atom. The minimum absolute atomic E-state index is 0. The normalized spacial score (nSPS) is 18.7. The number of aromatic nitrogens is 2. The Labute approximate surface area is 141 Å². The van der Waals surface area contributed by atoms with Crippen LogP contribution in [-0.4, -0.2) is 15.7 Å². The van der Waals surface area contributed by atoms with Crippen molar-refractivity contribution >= 4 is 18.3 Å². The monoisotopic (exact) mass is 332 g/mol. The second-order valence-electron chi connectivity index (χ2n) is 6.18. The first-order valence-electron chi connectivity index (χ1n) is 7.86. The highest BCUT2D eigenvalue weighted by molar-refractivity contribution is 5.94. The molecule has 1 aromatic carbocycles. The van der Waals surface area contributed by atoms with Gasteiger partial charge >= 0.3 is 0 Å². The Bertz CT molecular complexity index is 740. The number of amides is 1. The van der Waals surface area contributed by atoms with Crippen LogP contribution in [0.3, 0.4) is 0 Å². The van der Waals surface area contributed by atoms with Crippen LogP contribution in [0.2, 0.25) is 0 Å². The Morgan fingerprint density at radius 3 is 3.04 bits per heavy atom. The Kier molecular flexibility index (Phi) is 4.41. The van der Waals surface area contributed by atoms with Gasteiger partial charge in [-0.3, -0.25) is 9.48 Å². The molecule has 0 bridgehead atoms. The molecule has 1 aromatic heterocycles. The summed E-state index contributed by atoms with van der Waals surface area (Å²) in [5.41, 5.74) is 5.69. The molecule has 1 amide bonds. The Morgan fingerprint density at radius 2 is 2.17 bits per heavy atom. The van der Waals surface area contributed by atoms with Gasteiger partial charge < -0.3 is 10.6 Å². The number of hydrogen-bond acceptors (Lipinski definition) is 3. The highest BCUT2D eigenvalue weighted by Gasteiger charge is 2.25. The summed E-state index contributed by atoms with van der Waals surface area (Å²) < 4.78 is 1.93. The number of fused-ring (bicyclic) bond motifs is 2. The average Bonchev–Trinajstić information content (AvgIpc) is 3.14. The van der Waals surface area contributed by atoms with E-state index in [0.29, 0.717) is 0 Å². The summed E-state index contributed by atoms with van der Waals surface area (Å²) in [4.78, 5) is 12.6. The minimum atomic E-state index is 0. The van der Waals surface area contributed by atoms with Crippen LogP contribution in [0.25, 0.3) is 0 Å². The maximum atomic E-state index is 12.6. The van der Waals surface area contributed by atoms with Crippen LogP contribution < -0.4 is 10.6 Å². The topological polar surface area (TPSA) is 59.0 Å². The summed E-state index contributed by atoms with van der Waals surface area (Å²) in [6, 6.07) is 6.07. The Balaban J connectivity index is 0.00000156. The third-order valence-electron chi connectivity index (χ3n) is 4.78. The molecular formula is C17H21ClN4O. The van der Waals surface area contributed by atoms with Crippen molar-refractivity contribution in [1.82, 2.24) is 20.4 Å². The lowest BCUT2D eigenvalue weighted by atomic mass is 9.92. The van der Waals surface area contributed by atoms with Gasteiger partial charge in [0.15, 0.2) is 0 Å². The second kappa shape index (κ2) is 6.34. The number of nitrogens with zero attached hydrogens (tertiary/aromatic N) is 2. The van der Waals surface area contributed by atoms with Gasteiger partial charge in [0.2, 0.25) is 0 Å². The van der Waals surface area contributed by atoms with Crippen LogP contribution >= 0.6 is 12.4 Å². The van der Waals surface area contributed by atoms with Gasteiger partial charge in [-0.15, -0.1) is 12.4 Å². The van der Waals surface area contributed by atoms with Gasteiger partial charge in [-0.2, -0.15) is 5.10 Å². The number of carbonyl (C=O) groups excluding carboxylic acids is 1. The largest absolute Gasteiger partial charge is 0.345 e. The fraction of sp³-hybridized carbons (Fsp3) is 0.412. The molecule has 6 heteroatoms. The molecule has 0 radical (unpaired) electrons. The Hall–Kier alpha value is -1.85. The van der Waals surface area contributed by atoms with Gasteiger partial charge in [-0.25, -0.2) is 0 Å². The molecule has 1 aliphatic heterocycles. The second-order valence-corrected chi connectivity index (χ2v) is 6.18. The molecule has 1 aliphatic carbocycles. The molecule has 4 rings (SSSR count). The molecule has 0 fully saturated rings. The average molecular weight is 333 g/mol. The maximum Gasteiger partial charge on any atom is 0.251 e. The number of hydrogen-bond donors (Lipinski definition) is 2. The fourth-order valence-corrected chi connectivity index (χ4v) is 3.53. The van der Waals surface area contributed by atoms with E-state index in [1.165, 1.54) is 22.4 Å². The minimum Gasteiger partial charge on any atom is -0.345 e. The van der Waals surface area contributed by atoms with Gasteiger partial charge in [0, 0.05) is 37.0 Å². The van der Waals surface area contributed by atoms with Crippen molar-refractivity contribution in [1.29, 1.82) is 0 Å². The maximum absolute atomic E-state index is 12.6. The van der Waals surface area contributed by atoms with Crippen molar-refractivity contribution < 1.29 is 4.79 Å². The highest BCUT2D eigenvalue weighted by Crippen LogP contribution is 2.29. The van der Waals surface area contributed by atoms with Crippen LogP contribution in [0.1, 0.15) is 51.6 Å². The van der Waals surface area contributed by atoms with Crippen molar-refractivity contribution in [3.8, 4) is 0 Å². The van der Waals surface area contributed by atoms with E-state index < -0.39 is 0 Å². The molecule has 23 heavy (non-hydrogen) atoms. The van der Waals surface area contributed by atoms with Crippen molar-refractivity contribution in [2.75, 3.05) is 0 Å². The standard InChI is InChI=1S/C17H20N4O.ClH/c1-21-16-4-2-3-15(14(16)10-19-21)20-17(22)11-5-6-12-8-18-9-13(12)7-11;/h5-7,10,15,18H,2-4,8-9H2,1H3,(H,20,22);1H. The van der Waals surface area contributed by atoms with Crippen molar-refractivity contribution in [2.45, 2.75) is 38.4 Å². The number of aryl methyl sites for hydroxylation is 1. The van der Waals surface area contributed by atoms with Gasteiger partial charge in [0.25, 0.3) is 5.91 Å². The van der Waals surface area contributed by atoms with Crippen LogP contribution in [-0.2, 0) is 26.6 Å². The van der Waals surface area contributed by atoms with E-state index in [9.17, 15) is 4.79 Å². The molecule has 0 spiro atoms.